The molecule has 3 atom stereocenters. The van der Waals surface area contributed by atoms with Crippen molar-refractivity contribution in [3.63, 3.8) is 0 Å². The van der Waals surface area contributed by atoms with Gasteiger partial charge in [-0.2, -0.15) is 0 Å². The Morgan fingerprint density at radius 3 is 2.65 bits per heavy atom. The summed E-state index contributed by atoms with van der Waals surface area (Å²) in [5.41, 5.74) is 0.742. The molecule has 0 bridgehead atoms. The van der Waals surface area contributed by atoms with Gasteiger partial charge in [-0.3, -0.25) is 4.79 Å². The molecule has 1 heterocycles. The van der Waals surface area contributed by atoms with Gasteiger partial charge >= 0.3 is 0 Å². The van der Waals surface area contributed by atoms with E-state index < -0.39 is 0 Å². The van der Waals surface area contributed by atoms with E-state index in [-0.39, 0.29) is 24.2 Å². The van der Waals surface area contributed by atoms with Crippen LogP contribution in [-0.2, 0) is 9.47 Å². The molecule has 2 aromatic rings. The summed E-state index contributed by atoms with van der Waals surface area (Å²) in [6.45, 7) is 1.35. The van der Waals surface area contributed by atoms with E-state index in [4.69, 9.17) is 9.47 Å². The van der Waals surface area contributed by atoms with Crippen LogP contribution < -0.4 is 5.32 Å². The van der Waals surface area contributed by atoms with Crippen molar-refractivity contribution >= 4 is 16.7 Å². The molecule has 2 fully saturated rings. The minimum absolute atomic E-state index is 0.00183. The first-order valence-electron chi connectivity index (χ1n) is 8.33. The summed E-state index contributed by atoms with van der Waals surface area (Å²) in [6.07, 6.45) is 3.05. The maximum absolute atomic E-state index is 12.7. The van der Waals surface area contributed by atoms with Gasteiger partial charge in [0.25, 0.3) is 5.91 Å². The zero-order valence-corrected chi connectivity index (χ0v) is 13.0. The van der Waals surface area contributed by atoms with E-state index in [9.17, 15) is 4.79 Å². The lowest BCUT2D eigenvalue weighted by Crippen LogP contribution is -2.49. The molecule has 1 amide bonds. The highest BCUT2D eigenvalue weighted by atomic mass is 16.6. The molecular weight excluding hydrogens is 290 g/mol. The largest absolute Gasteiger partial charge is 0.373 e. The minimum Gasteiger partial charge on any atom is -0.373 e. The number of ether oxygens (including phenoxy) is 2. The Labute approximate surface area is 135 Å². The Hall–Kier alpha value is -1.91. The molecule has 1 saturated heterocycles. The van der Waals surface area contributed by atoms with Crippen molar-refractivity contribution in [3.8, 4) is 0 Å². The van der Waals surface area contributed by atoms with E-state index in [0.717, 1.165) is 35.6 Å². The van der Waals surface area contributed by atoms with Crippen LogP contribution in [0.2, 0.25) is 0 Å². The molecule has 0 spiro atoms. The van der Waals surface area contributed by atoms with Crippen LogP contribution in [0.1, 0.15) is 29.6 Å². The van der Waals surface area contributed by atoms with E-state index >= 15 is 0 Å². The maximum atomic E-state index is 12.7. The first kappa shape index (κ1) is 14.7. The van der Waals surface area contributed by atoms with Crippen molar-refractivity contribution in [3.05, 3.63) is 48.0 Å². The normalized spacial score (nSPS) is 27.4. The van der Waals surface area contributed by atoms with Gasteiger partial charge in [-0.1, -0.05) is 36.4 Å². The average Bonchev–Trinajstić information content (AvgIpc) is 2.61. The average molecular weight is 311 g/mol. The van der Waals surface area contributed by atoms with Crippen molar-refractivity contribution in [2.75, 3.05) is 13.2 Å². The summed E-state index contributed by atoms with van der Waals surface area (Å²) in [5, 5.41) is 5.28. The fourth-order valence-corrected chi connectivity index (χ4v) is 3.68. The quantitative estimate of drug-likeness (QED) is 0.927. The van der Waals surface area contributed by atoms with Crippen LogP contribution in [0.15, 0.2) is 42.5 Å². The predicted molar refractivity (Wildman–Crippen MR) is 88.5 cm³/mol. The molecule has 4 nitrogen and oxygen atoms in total. The van der Waals surface area contributed by atoms with Crippen LogP contribution >= 0.6 is 0 Å². The predicted octanol–water partition coefficient (Wildman–Crippen LogP) is 2.91. The Morgan fingerprint density at radius 2 is 1.74 bits per heavy atom. The first-order chi connectivity index (χ1) is 11.3. The SMILES string of the molecule is O=C(N[C@@H]1CC[C@H]2OCCO[C@H]2C1)c1cccc2ccccc12. The van der Waals surface area contributed by atoms with Gasteiger partial charge in [-0.05, 0) is 36.1 Å². The van der Waals surface area contributed by atoms with Crippen molar-refractivity contribution < 1.29 is 14.3 Å². The summed E-state index contributed by atoms with van der Waals surface area (Å²) in [6, 6.07) is 14.0. The lowest BCUT2D eigenvalue weighted by atomic mass is 9.89. The van der Waals surface area contributed by atoms with Crippen LogP contribution in [0.5, 0.6) is 0 Å². The monoisotopic (exact) mass is 311 g/mol. The van der Waals surface area contributed by atoms with Gasteiger partial charge in [0.1, 0.15) is 0 Å². The fraction of sp³-hybridized carbons (Fsp3) is 0.421. The Bertz CT molecular complexity index is 709. The summed E-state index contributed by atoms with van der Waals surface area (Å²) in [4.78, 5) is 12.7. The van der Waals surface area contributed by atoms with E-state index in [1.807, 2.05) is 42.5 Å². The standard InChI is InChI=1S/C19H21NO3/c21-19(16-7-3-5-13-4-1-2-6-15(13)16)20-14-8-9-17-18(12-14)23-11-10-22-17/h1-7,14,17-18H,8-12H2,(H,20,21)/t14-,17-,18+/m1/s1. The summed E-state index contributed by atoms with van der Waals surface area (Å²) in [7, 11) is 0. The van der Waals surface area contributed by atoms with Crippen LogP contribution in [0.3, 0.4) is 0 Å². The number of carbonyl (C=O) groups excluding carboxylic acids is 1. The van der Waals surface area contributed by atoms with E-state index in [0.29, 0.717) is 13.2 Å². The highest BCUT2D eigenvalue weighted by Gasteiger charge is 2.34. The molecule has 1 aliphatic carbocycles. The molecule has 2 aliphatic rings. The molecule has 4 rings (SSSR count). The number of rotatable bonds is 2. The molecular formula is C19H21NO3. The number of benzene rings is 2. The Kier molecular flexibility index (Phi) is 4.02. The topological polar surface area (TPSA) is 47.6 Å². The van der Waals surface area contributed by atoms with Gasteiger partial charge in [0.05, 0.1) is 25.4 Å². The molecule has 2 aromatic carbocycles. The van der Waals surface area contributed by atoms with Gasteiger partial charge in [0, 0.05) is 11.6 Å². The maximum Gasteiger partial charge on any atom is 0.252 e. The van der Waals surface area contributed by atoms with Crippen LogP contribution in [0.25, 0.3) is 10.8 Å². The fourth-order valence-electron chi connectivity index (χ4n) is 3.68. The Morgan fingerprint density at radius 1 is 0.957 bits per heavy atom. The lowest BCUT2D eigenvalue weighted by molar-refractivity contribution is -0.157. The van der Waals surface area contributed by atoms with Gasteiger partial charge in [-0.15, -0.1) is 0 Å². The van der Waals surface area contributed by atoms with Crippen molar-refractivity contribution in [1.82, 2.24) is 5.32 Å². The molecule has 4 heteroatoms. The lowest BCUT2D eigenvalue weighted by Gasteiger charge is -2.39. The van der Waals surface area contributed by atoms with Crippen LogP contribution in [0, 0.1) is 0 Å². The summed E-state index contributed by atoms with van der Waals surface area (Å²) in [5.74, 6) is 0.00183. The zero-order valence-electron chi connectivity index (χ0n) is 13.0. The summed E-state index contributed by atoms with van der Waals surface area (Å²) >= 11 is 0. The van der Waals surface area contributed by atoms with Crippen LogP contribution in [0.4, 0.5) is 0 Å². The first-order valence-corrected chi connectivity index (χ1v) is 8.33. The van der Waals surface area contributed by atoms with Crippen molar-refractivity contribution in [2.24, 2.45) is 0 Å². The molecule has 1 aliphatic heterocycles. The number of hydrogen-bond acceptors (Lipinski definition) is 3. The van der Waals surface area contributed by atoms with Crippen molar-refractivity contribution in [1.29, 1.82) is 0 Å². The molecule has 0 radical (unpaired) electrons. The number of fused-ring (bicyclic) bond motifs is 2. The van der Waals surface area contributed by atoms with E-state index in [1.54, 1.807) is 0 Å². The third-order valence-electron chi connectivity index (χ3n) is 4.85. The molecule has 1 saturated carbocycles. The van der Waals surface area contributed by atoms with Gasteiger partial charge < -0.3 is 14.8 Å². The highest BCUT2D eigenvalue weighted by Crippen LogP contribution is 2.27. The molecule has 0 unspecified atom stereocenters. The second kappa shape index (κ2) is 6.30. The van der Waals surface area contributed by atoms with E-state index in [2.05, 4.69) is 5.32 Å². The van der Waals surface area contributed by atoms with E-state index in [1.165, 1.54) is 0 Å². The molecule has 1 N–H and O–H groups in total. The highest BCUT2D eigenvalue weighted by molar-refractivity contribution is 6.07. The molecule has 0 aromatic heterocycles. The Balaban J connectivity index is 1.49. The van der Waals surface area contributed by atoms with Crippen LogP contribution in [-0.4, -0.2) is 37.4 Å². The van der Waals surface area contributed by atoms with Gasteiger partial charge in [-0.25, -0.2) is 0 Å². The van der Waals surface area contributed by atoms with Gasteiger partial charge in [0.15, 0.2) is 0 Å². The summed E-state index contributed by atoms with van der Waals surface area (Å²) < 4.78 is 11.5. The second-order valence-corrected chi connectivity index (χ2v) is 6.33. The zero-order chi connectivity index (χ0) is 15.6. The van der Waals surface area contributed by atoms with Crippen molar-refractivity contribution in [2.45, 2.75) is 37.5 Å². The van der Waals surface area contributed by atoms with Gasteiger partial charge in [0.2, 0.25) is 0 Å². The molecule has 120 valence electrons. The number of amides is 1. The molecule has 23 heavy (non-hydrogen) atoms. The third-order valence-corrected chi connectivity index (χ3v) is 4.85. The number of carbonyl (C=O) groups is 1. The second-order valence-electron chi connectivity index (χ2n) is 6.33. The smallest absolute Gasteiger partial charge is 0.252 e. The number of hydrogen-bond donors (Lipinski definition) is 1. The number of nitrogens with one attached hydrogen (secondary N) is 1. The minimum atomic E-state index is 0.00183. The third kappa shape index (κ3) is 2.96.